The summed E-state index contributed by atoms with van der Waals surface area (Å²) in [6.07, 6.45) is 3.94. The van der Waals surface area contributed by atoms with Gasteiger partial charge in [0.05, 0.1) is 16.3 Å². The molecule has 138 valence electrons. The number of nitro groups is 1. The number of aromatic nitrogens is 2. The highest BCUT2D eigenvalue weighted by molar-refractivity contribution is 5.58. The number of hydrogen-bond donors (Lipinski definition) is 1. The summed E-state index contributed by atoms with van der Waals surface area (Å²) in [6.45, 7) is 2.85. The van der Waals surface area contributed by atoms with E-state index in [0.717, 1.165) is 55.0 Å². The van der Waals surface area contributed by atoms with Crippen molar-refractivity contribution in [3.8, 4) is 5.69 Å². The zero-order chi connectivity index (χ0) is 18.8. The summed E-state index contributed by atoms with van der Waals surface area (Å²) in [5, 5.41) is 19.6. The number of aryl methyl sites for hydroxylation is 1. The van der Waals surface area contributed by atoms with Crippen LogP contribution in [0.15, 0.2) is 48.5 Å². The molecule has 0 aliphatic carbocycles. The average molecular weight is 362 g/mol. The fraction of sp³-hybridized carbons (Fsp3) is 0.286. The Morgan fingerprint density at radius 3 is 2.78 bits per heavy atom. The molecule has 1 aliphatic rings. The van der Waals surface area contributed by atoms with Gasteiger partial charge < -0.3 is 5.32 Å². The molecule has 0 saturated carbocycles. The van der Waals surface area contributed by atoms with E-state index in [1.807, 2.05) is 29.8 Å². The Kier molecular flexibility index (Phi) is 4.62. The first kappa shape index (κ1) is 17.3. The number of anilines is 1. The van der Waals surface area contributed by atoms with Crippen LogP contribution in [0.1, 0.15) is 35.2 Å². The molecule has 1 N–H and O–H groups in total. The van der Waals surface area contributed by atoms with Gasteiger partial charge in [-0.3, -0.25) is 10.1 Å². The third kappa shape index (κ3) is 3.43. The highest BCUT2D eigenvalue weighted by Crippen LogP contribution is 2.31. The first-order chi connectivity index (χ1) is 13.1. The van der Waals surface area contributed by atoms with Crippen LogP contribution in [0.25, 0.3) is 5.69 Å². The summed E-state index contributed by atoms with van der Waals surface area (Å²) in [4.78, 5) is 10.9. The molecule has 6 heteroatoms. The molecule has 0 atom stereocenters. The maximum Gasteiger partial charge on any atom is 0.271 e. The standard InChI is InChI=1S/C21H22N4O2/c1-15-10-11-17(25(26)27)14-20(15)24-21-18(9-5-6-12-22-21)19(23-24)13-16-7-3-2-4-8-16/h2-4,7-8,10-11,14,22H,5-6,9,12-13H2,1H3. The van der Waals surface area contributed by atoms with Gasteiger partial charge >= 0.3 is 0 Å². The number of hydrogen-bond acceptors (Lipinski definition) is 4. The van der Waals surface area contributed by atoms with Gasteiger partial charge in [0.25, 0.3) is 5.69 Å². The van der Waals surface area contributed by atoms with Crippen molar-refractivity contribution in [1.29, 1.82) is 0 Å². The van der Waals surface area contributed by atoms with Gasteiger partial charge in [-0.15, -0.1) is 0 Å². The van der Waals surface area contributed by atoms with Gasteiger partial charge in [0, 0.05) is 30.7 Å². The Labute approximate surface area is 158 Å². The number of rotatable bonds is 4. The van der Waals surface area contributed by atoms with Crippen LogP contribution in [0.3, 0.4) is 0 Å². The predicted octanol–water partition coefficient (Wildman–Crippen LogP) is 4.43. The first-order valence-electron chi connectivity index (χ1n) is 9.27. The van der Waals surface area contributed by atoms with Crippen molar-refractivity contribution in [2.75, 3.05) is 11.9 Å². The highest BCUT2D eigenvalue weighted by Gasteiger charge is 2.22. The molecule has 3 aromatic rings. The quantitative estimate of drug-likeness (QED) is 0.550. The number of benzene rings is 2. The molecule has 1 aliphatic heterocycles. The van der Waals surface area contributed by atoms with Gasteiger partial charge in [-0.05, 0) is 37.3 Å². The molecule has 0 bridgehead atoms. The Hall–Kier alpha value is -3.15. The lowest BCUT2D eigenvalue weighted by atomic mass is 10.0. The van der Waals surface area contributed by atoms with Crippen molar-refractivity contribution in [2.24, 2.45) is 0 Å². The molecule has 0 fully saturated rings. The lowest BCUT2D eigenvalue weighted by molar-refractivity contribution is -0.384. The minimum absolute atomic E-state index is 0.0816. The van der Waals surface area contributed by atoms with Gasteiger partial charge in [0.2, 0.25) is 0 Å². The van der Waals surface area contributed by atoms with Gasteiger partial charge in [-0.25, -0.2) is 4.68 Å². The van der Waals surface area contributed by atoms with Gasteiger partial charge in [-0.1, -0.05) is 36.4 Å². The van der Waals surface area contributed by atoms with Crippen molar-refractivity contribution in [3.63, 3.8) is 0 Å². The van der Waals surface area contributed by atoms with Crippen LogP contribution in [0.2, 0.25) is 0 Å². The second kappa shape index (κ2) is 7.23. The van der Waals surface area contributed by atoms with E-state index in [2.05, 4.69) is 17.4 Å². The predicted molar refractivity (Wildman–Crippen MR) is 106 cm³/mol. The van der Waals surface area contributed by atoms with E-state index in [9.17, 15) is 10.1 Å². The molecule has 27 heavy (non-hydrogen) atoms. The minimum atomic E-state index is -0.358. The molecule has 2 aromatic carbocycles. The Morgan fingerprint density at radius 1 is 1.19 bits per heavy atom. The summed E-state index contributed by atoms with van der Waals surface area (Å²) in [5.74, 6) is 0.974. The molecule has 2 heterocycles. The Bertz CT molecular complexity index is 979. The van der Waals surface area contributed by atoms with E-state index in [-0.39, 0.29) is 10.6 Å². The van der Waals surface area contributed by atoms with Crippen LogP contribution in [-0.4, -0.2) is 21.2 Å². The number of fused-ring (bicyclic) bond motifs is 1. The minimum Gasteiger partial charge on any atom is -0.370 e. The Morgan fingerprint density at radius 2 is 2.00 bits per heavy atom. The smallest absolute Gasteiger partial charge is 0.271 e. The summed E-state index contributed by atoms with van der Waals surface area (Å²) in [6, 6.07) is 15.2. The lowest BCUT2D eigenvalue weighted by Gasteiger charge is -2.11. The maximum absolute atomic E-state index is 11.2. The van der Waals surface area contributed by atoms with Gasteiger partial charge in [0.15, 0.2) is 0 Å². The molecular weight excluding hydrogens is 340 g/mol. The van der Waals surface area contributed by atoms with E-state index in [0.29, 0.717) is 0 Å². The molecular formula is C21H22N4O2. The second-order valence-corrected chi connectivity index (χ2v) is 6.96. The number of nitro benzene ring substituents is 1. The molecule has 0 saturated heterocycles. The topological polar surface area (TPSA) is 73.0 Å². The number of nitrogens with zero attached hydrogens (tertiary/aromatic N) is 3. The maximum atomic E-state index is 11.2. The van der Waals surface area contributed by atoms with Crippen LogP contribution in [-0.2, 0) is 12.8 Å². The molecule has 1 aromatic heterocycles. The van der Waals surface area contributed by atoms with Crippen LogP contribution in [0.5, 0.6) is 0 Å². The van der Waals surface area contributed by atoms with Gasteiger partial charge in [0.1, 0.15) is 5.82 Å². The average Bonchev–Trinajstić information content (AvgIpc) is 2.84. The molecule has 0 unspecified atom stereocenters. The third-order valence-corrected chi connectivity index (χ3v) is 5.06. The van der Waals surface area contributed by atoms with Crippen LogP contribution < -0.4 is 5.32 Å². The van der Waals surface area contributed by atoms with Crippen LogP contribution in [0.4, 0.5) is 11.5 Å². The van der Waals surface area contributed by atoms with E-state index in [1.165, 1.54) is 11.1 Å². The van der Waals surface area contributed by atoms with Crippen molar-refractivity contribution in [1.82, 2.24) is 9.78 Å². The van der Waals surface area contributed by atoms with Crippen molar-refractivity contribution in [3.05, 3.63) is 81.0 Å². The van der Waals surface area contributed by atoms with Gasteiger partial charge in [-0.2, -0.15) is 5.10 Å². The molecule has 0 amide bonds. The molecule has 4 rings (SSSR count). The molecule has 0 radical (unpaired) electrons. The largest absolute Gasteiger partial charge is 0.370 e. The van der Waals surface area contributed by atoms with Crippen molar-refractivity contribution >= 4 is 11.5 Å². The summed E-state index contributed by atoms with van der Waals surface area (Å²) >= 11 is 0. The Balaban J connectivity index is 1.84. The van der Waals surface area contributed by atoms with E-state index >= 15 is 0 Å². The zero-order valence-corrected chi connectivity index (χ0v) is 15.3. The SMILES string of the molecule is Cc1ccc([N+](=O)[O-])cc1-n1nc(Cc2ccccc2)c2c1NCCCC2. The number of non-ortho nitro benzene ring substituents is 1. The highest BCUT2D eigenvalue weighted by atomic mass is 16.6. The lowest BCUT2D eigenvalue weighted by Crippen LogP contribution is -2.08. The second-order valence-electron chi connectivity index (χ2n) is 6.96. The number of nitrogens with one attached hydrogen (secondary N) is 1. The van der Waals surface area contributed by atoms with Crippen LogP contribution >= 0.6 is 0 Å². The third-order valence-electron chi connectivity index (χ3n) is 5.06. The molecule has 0 spiro atoms. The molecule has 6 nitrogen and oxygen atoms in total. The summed E-state index contributed by atoms with van der Waals surface area (Å²) in [5.41, 5.74) is 5.28. The fourth-order valence-electron chi connectivity index (χ4n) is 3.62. The fourth-order valence-corrected chi connectivity index (χ4v) is 3.62. The van der Waals surface area contributed by atoms with Crippen LogP contribution in [0, 0.1) is 17.0 Å². The monoisotopic (exact) mass is 362 g/mol. The summed E-state index contributed by atoms with van der Waals surface area (Å²) in [7, 11) is 0. The normalized spacial score (nSPS) is 13.5. The van der Waals surface area contributed by atoms with E-state index < -0.39 is 0 Å². The van der Waals surface area contributed by atoms with Crippen molar-refractivity contribution in [2.45, 2.75) is 32.6 Å². The van der Waals surface area contributed by atoms with Crippen molar-refractivity contribution < 1.29 is 4.92 Å². The summed E-state index contributed by atoms with van der Waals surface area (Å²) < 4.78 is 1.86. The van der Waals surface area contributed by atoms with E-state index in [1.54, 1.807) is 18.2 Å². The zero-order valence-electron chi connectivity index (χ0n) is 15.3. The first-order valence-corrected chi connectivity index (χ1v) is 9.27. The van der Waals surface area contributed by atoms with E-state index in [4.69, 9.17) is 5.10 Å².